The second-order valence-corrected chi connectivity index (χ2v) is 5.70. The Morgan fingerprint density at radius 3 is 2.52 bits per heavy atom. The monoisotopic (exact) mass is 316 g/mol. The number of rotatable bonds is 5. The van der Waals surface area contributed by atoms with Crippen molar-refractivity contribution < 1.29 is 19.1 Å². The van der Waals surface area contributed by atoms with Gasteiger partial charge in [-0.05, 0) is 49.6 Å². The van der Waals surface area contributed by atoms with Gasteiger partial charge in [0.15, 0.2) is 0 Å². The fourth-order valence-corrected chi connectivity index (χ4v) is 3.04. The summed E-state index contributed by atoms with van der Waals surface area (Å²) in [5.41, 5.74) is 1.83. The number of methoxy groups -OCH3 is 1. The van der Waals surface area contributed by atoms with Crippen molar-refractivity contribution in [1.82, 2.24) is 5.01 Å². The van der Waals surface area contributed by atoms with Crippen LogP contribution in [0, 0.1) is 11.8 Å². The second-order valence-electron chi connectivity index (χ2n) is 5.70. The summed E-state index contributed by atoms with van der Waals surface area (Å²) in [5, 5.41) is 5.71. The first-order chi connectivity index (χ1) is 11.1. The Morgan fingerprint density at radius 2 is 1.96 bits per heavy atom. The fourth-order valence-electron chi connectivity index (χ4n) is 3.04. The van der Waals surface area contributed by atoms with Gasteiger partial charge in [-0.25, -0.2) is 5.01 Å². The molecule has 6 heteroatoms. The van der Waals surface area contributed by atoms with Crippen LogP contribution in [-0.4, -0.2) is 42.9 Å². The topological polar surface area (TPSA) is 68.2 Å². The molecule has 0 aromatic heterocycles. The zero-order valence-corrected chi connectivity index (χ0v) is 13.3. The molecule has 0 saturated heterocycles. The van der Waals surface area contributed by atoms with Gasteiger partial charge < -0.3 is 9.47 Å². The van der Waals surface area contributed by atoms with Crippen molar-refractivity contribution in [3.63, 3.8) is 0 Å². The van der Waals surface area contributed by atoms with E-state index in [-0.39, 0.29) is 24.3 Å². The van der Waals surface area contributed by atoms with E-state index in [1.807, 2.05) is 24.3 Å². The van der Waals surface area contributed by atoms with Crippen LogP contribution in [0.1, 0.15) is 25.3 Å². The Labute approximate surface area is 135 Å². The molecule has 1 amide bonds. The van der Waals surface area contributed by atoms with E-state index >= 15 is 0 Å². The third-order valence-electron chi connectivity index (χ3n) is 4.40. The van der Waals surface area contributed by atoms with E-state index < -0.39 is 5.97 Å². The third kappa shape index (κ3) is 2.93. The summed E-state index contributed by atoms with van der Waals surface area (Å²) >= 11 is 0. The predicted octanol–water partition coefficient (Wildman–Crippen LogP) is 1.83. The molecule has 2 aliphatic rings. The number of hydrogen-bond donors (Lipinski definition) is 0. The van der Waals surface area contributed by atoms with Crippen LogP contribution in [-0.2, 0) is 14.3 Å². The third-order valence-corrected chi connectivity index (χ3v) is 4.40. The van der Waals surface area contributed by atoms with Crippen molar-refractivity contribution in [2.45, 2.75) is 19.8 Å². The van der Waals surface area contributed by atoms with Crippen molar-refractivity contribution in [3.8, 4) is 5.75 Å². The maximum absolute atomic E-state index is 12.4. The molecule has 1 aromatic rings. The minimum atomic E-state index is -0.434. The van der Waals surface area contributed by atoms with E-state index in [4.69, 9.17) is 9.47 Å². The van der Waals surface area contributed by atoms with Crippen molar-refractivity contribution in [2.24, 2.45) is 16.9 Å². The number of nitrogens with zero attached hydrogens (tertiary/aromatic N) is 2. The van der Waals surface area contributed by atoms with Gasteiger partial charge in [-0.2, -0.15) is 5.10 Å². The molecule has 23 heavy (non-hydrogen) atoms. The van der Waals surface area contributed by atoms with E-state index in [1.165, 1.54) is 5.01 Å². The molecule has 0 radical (unpaired) electrons. The lowest BCUT2D eigenvalue weighted by molar-refractivity contribution is -0.152. The summed E-state index contributed by atoms with van der Waals surface area (Å²) in [4.78, 5) is 24.1. The molecule has 0 N–H and O–H groups in total. The van der Waals surface area contributed by atoms with E-state index in [0.717, 1.165) is 29.9 Å². The second kappa shape index (κ2) is 6.40. The Hall–Kier alpha value is -2.37. The van der Waals surface area contributed by atoms with Gasteiger partial charge in [-0.3, -0.25) is 9.59 Å². The van der Waals surface area contributed by atoms with Crippen LogP contribution >= 0.6 is 0 Å². The van der Waals surface area contributed by atoms with Gasteiger partial charge in [0.1, 0.15) is 12.3 Å². The summed E-state index contributed by atoms with van der Waals surface area (Å²) in [6.45, 7) is 1.90. The van der Waals surface area contributed by atoms with Crippen LogP contribution in [0.5, 0.6) is 5.75 Å². The maximum atomic E-state index is 12.4. The summed E-state index contributed by atoms with van der Waals surface area (Å²) in [6, 6.07) is 7.62. The molecule has 1 heterocycles. The molecule has 2 unspecified atom stereocenters. The number of carbonyl (C=O) groups excluding carboxylic acids is 2. The van der Waals surface area contributed by atoms with Gasteiger partial charge in [0.2, 0.25) is 5.91 Å². The molecule has 1 fully saturated rings. The number of carbonyl (C=O) groups is 2. The molecule has 1 aliphatic heterocycles. The number of fused-ring (bicyclic) bond motifs is 1. The number of benzene rings is 1. The Kier molecular flexibility index (Phi) is 4.32. The standard InChI is InChI=1S/C17H20N2O4/c1-3-23-15(20)10-19-17(21)14-9-8-13(14)16(18-19)11-4-6-12(22-2)7-5-11/h4-7,13-14H,3,8-10H2,1-2H3. The summed E-state index contributed by atoms with van der Waals surface area (Å²) in [6.07, 6.45) is 1.80. The average molecular weight is 316 g/mol. The first-order valence-corrected chi connectivity index (χ1v) is 7.84. The lowest BCUT2D eigenvalue weighted by atomic mass is 9.68. The molecule has 3 rings (SSSR count). The molecular formula is C17H20N2O4. The highest BCUT2D eigenvalue weighted by atomic mass is 16.5. The Balaban J connectivity index is 1.86. The quantitative estimate of drug-likeness (QED) is 0.777. The first-order valence-electron chi connectivity index (χ1n) is 7.84. The number of esters is 1. The van der Waals surface area contributed by atoms with Crippen molar-refractivity contribution in [3.05, 3.63) is 29.8 Å². The van der Waals surface area contributed by atoms with Gasteiger partial charge >= 0.3 is 5.97 Å². The van der Waals surface area contributed by atoms with Gasteiger partial charge in [0, 0.05) is 11.8 Å². The van der Waals surface area contributed by atoms with Crippen LogP contribution in [0.3, 0.4) is 0 Å². The number of ether oxygens (including phenoxy) is 2. The summed E-state index contributed by atoms with van der Waals surface area (Å²) in [5.74, 6) is 0.339. The van der Waals surface area contributed by atoms with Crippen molar-refractivity contribution in [2.75, 3.05) is 20.3 Å². The molecule has 1 aliphatic carbocycles. The minimum Gasteiger partial charge on any atom is -0.497 e. The molecule has 122 valence electrons. The highest BCUT2D eigenvalue weighted by Gasteiger charge is 2.46. The smallest absolute Gasteiger partial charge is 0.327 e. The van der Waals surface area contributed by atoms with Gasteiger partial charge in [-0.1, -0.05) is 0 Å². The van der Waals surface area contributed by atoms with Gasteiger partial charge in [0.25, 0.3) is 0 Å². The van der Waals surface area contributed by atoms with E-state index in [9.17, 15) is 9.59 Å². The predicted molar refractivity (Wildman–Crippen MR) is 84.1 cm³/mol. The highest BCUT2D eigenvalue weighted by Crippen LogP contribution is 2.41. The molecule has 1 aromatic carbocycles. The maximum Gasteiger partial charge on any atom is 0.327 e. The van der Waals surface area contributed by atoms with Crippen molar-refractivity contribution >= 4 is 17.6 Å². The molecule has 0 bridgehead atoms. The van der Waals surface area contributed by atoms with Crippen LogP contribution in [0.2, 0.25) is 0 Å². The minimum absolute atomic E-state index is 0.0703. The number of hydrogen-bond acceptors (Lipinski definition) is 5. The van der Waals surface area contributed by atoms with E-state index in [2.05, 4.69) is 5.10 Å². The van der Waals surface area contributed by atoms with Gasteiger partial charge in [-0.15, -0.1) is 0 Å². The number of hydrazone groups is 1. The van der Waals surface area contributed by atoms with Crippen LogP contribution < -0.4 is 4.74 Å². The zero-order valence-electron chi connectivity index (χ0n) is 13.3. The van der Waals surface area contributed by atoms with E-state index in [1.54, 1.807) is 14.0 Å². The molecule has 2 atom stereocenters. The van der Waals surface area contributed by atoms with Crippen LogP contribution in [0.4, 0.5) is 0 Å². The molecule has 6 nitrogen and oxygen atoms in total. The average Bonchev–Trinajstić information content (AvgIpc) is 2.51. The highest BCUT2D eigenvalue weighted by molar-refractivity contribution is 6.07. The van der Waals surface area contributed by atoms with Crippen LogP contribution in [0.15, 0.2) is 29.4 Å². The lowest BCUT2D eigenvalue weighted by Gasteiger charge is -2.42. The van der Waals surface area contributed by atoms with E-state index in [0.29, 0.717) is 6.61 Å². The van der Waals surface area contributed by atoms with Crippen LogP contribution in [0.25, 0.3) is 0 Å². The van der Waals surface area contributed by atoms with Gasteiger partial charge in [0.05, 0.1) is 19.4 Å². The SMILES string of the molecule is CCOC(=O)CN1N=C(c2ccc(OC)cc2)C2CCC2C1=O. The lowest BCUT2D eigenvalue weighted by Crippen LogP contribution is -2.51. The Morgan fingerprint density at radius 1 is 1.26 bits per heavy atom. The number of amides is 1. The molecule has 1 saturated carbocycles. The summed E-state index contributed by atoms with van der Waals surface area (Å²) < 4.78 is 10.1. The first kappa shape index (κ1) is 15.5. The summed E-state index contributed by atoms with van der Waals surface area (Å²) in [7, 11) is 1.62. The normalized spacial score (nSPS) is 22.8. The largest absolute Gasteiger partial charge is 0.497 e. The van der Waals surface area contributed by atoms with Crippen molar-refractivity contribution in [1.29, 1.82) is 0 Å². The Bertz CT molecular complexity index is 638. The molecule has 0 spiro atoms. The fraction of sp³-hybridized carbons (Fsp3) is 0.471. The zero-order chi connectivity index (χ0) is 16.4. The molecular weight excluding hydrogens is 296 g/mol.